The van der Waals surface area contributed by atoms with Crippen molar-refractivity contribution >= 4 is 51.4 Å². The van der Waals surface area contributed by atoms with Gasteiger partial charge in [0.05, 0.1) is 58.8 Å². The second kappa shape index (κ2) is 14.1. The summed E-state index contributed by atoms with van der Waals surface area (Å²) in [6.07, 6.45) is 9.12. The van der Waals surface area contributed by atoms with Gasteiger partial charge in [-0.25, -0.2) is 9.98 Å². The van der Waals surface area contributed by atoms with Crippen molar-refractivity contribution in [3.8, 4) is 5.75 Å². The fraction of sp³-hybridized carbons (Fsp3) is 0.143. The Hall–Kier alpha value is -5.20. The van der Waals surface area contributed by atoms with Crippen LogP contribution in [0, 0.1) is 5.41 Å². The Morgan fingerprint density at radius 3 is 2.10 bits per heavy atom. The van der Waals surface area contributed by atoms with Crippen molar-refractivity contribution in [3.05, 3.63) is 84.3 Å². The van der Waals surface area contributed by atoms with E-state index in [1.165, 1.54) is 18.2 Å². The zero-order chi connectivity index (χ0) is 29.1. The van der Waals surface area contributed by atoms with Crippen LogP contribution in [0.3, 0.4) is 0 Å². The molecule has 2 aromatic rings. The molecule has 0 spiro atoms. The summed E-state index contributed by atoms with van der Waals surface area (Å²) in [5, 5.41) is 25.4. The minimum atomic E-state index is -0.110. The number of ether oxygens (including phenoxy) is 2. The molecular weight excluding hydrogens is 514 g/mol. The number of ketones is 1. The molecule has 0 radical (unpaired) electrons. The molecule has 0 heterocycles. The van der Waals surface area contributed by atoms with E-state index < -0.39 is 0 Å². The summed E-state index contributed by atoms with van der Waals surface area (Å²) in [5.74, 6) is 0.734. The normalized spacial score (nSPS) is 15.2. The van der Waals surface area contributed by atoms with Crippen LogP contribution in [0.2, 0.25) is 0 Å². The van der Waals surface area contributed by atoms with Crippen molar-refractivity contribution in [2.75, 3.05) is 43.6 Å². The van der Waals surface area contributed by atoms with Crippen molar-refractivity contribution in [1.82, 2.24) is 0 Å². The van der Waals surface area contributed by atoms with Gasteiger partial charge in [-0.3, -0.25) is 10.2 Å². The number of aliphatic hydroxyl groups excluding tert-OH is 2. The van der Waals surface area contributed by atoms with E-state index in [0.717, 1.165) is 0 Å². The van der Waals surface area contributed by atoms with Crippen LogP contribution >= 0.6 is 0 Å². The Kier molecular flexibility index (Phi) is 10.3. The Morgan fingerprint density at radius 1 is 0.800 bits per heavy atom. The van der Waals surface area contributed by atoms with Crippen molar-refractivity contribution in [2.24, 2.45) is 15.7 Å². The molecule has 0 saturated heterocycles. The molecule has 0 saturated carbocycles. The van der Waals surface area contributed by atoms with Crippen LogP contribution in [-0.4, -0.2) is 59.6 Å². The molecule has 0 amide bonds. The van der Waals surface area contributed by atoms with E-state index in [2.05, 4.69) is 9.98 Å². The lowest BCUT2D eigenvalue weighted by molar-refractivity contribution is -0.110. The summed E-state index contributed by atoms with van der Waals surface area (Å²) in [6.45, 7) is 0.0645. The van der Waals surface area contributed by atoms with Gasteiger partial charge in [0.15, 0.2) is 5.78 Å². The summed E-state index contributed by atoms with van der Waals surface area (Å²) in [7, 11) is 0. The molecule has 4 rings (SSSR count). The first-order valence-electron chi connectivity index (χ1n) is 12.1. The molecule has 2 aliphatic rings. The fourth-order valence-electron chi connectivity index (χ4n) is 3.29. The molecular formula is C28H31N7O5. The highest BCUT2D eigenvalue weighted by molar-refractivity contribution is 6.50. The molecule has 40 heavy (non-hydrogen) atoms. The van der Waals surface area contributed by atoms with Gasteiger partial charge in [-0.15, -0.1) is 0 Å². The molecule has 0 fully saturated rings. The van der Waals surface area contributed by atoms with Gasteiger partial charge in [-0.2, -0.15) is 0 Å². The average molecular weight is 546 g/mol. The minimum absolute atomic E-state index is 0.0822. The fourth-order valence-corrected chi connectivity index (χ4v) is 3.29. The highest BCUT2D eigenvalue weighted by atomic mass is 16.5. The number of hydrogen-bond donors (Lipinski definition) is 7. The largest absolute Gasteiger partial charge is 0.489 e. The van der Waals surface area contributed by atoms with Gasteiger partial charge >= 0.3 is 0 Å². The SMILES string of the molecule is N=C1C=C(N)C(OCCO)=CC1=Nc1ccc(N)cc1.Nc1cc(N)c(OCCO)cc1N=C1C=CC(=O)C=C1. The van der Waals surface area contributed by atoms with Crippen LogP contribution in [0.25, 0.3) is 0 Å². The Labute approximate surface area is 230 Å². The number of benzene rings is 2. The number of nitrogens with one attached hydrogen (secondary N) is 1. The van der Waals surface area contributed by atoms with Crippen molar-refractivity contribution < 1.29 is 24.5 Å². The Morgan fingerprint density at radius 2 is 1.45 bits per heavy atom. The average Bonchev–Trinajstić information content (AvgIpc) is 2.93. The number of rotatable bonds is 8. The highest BCUT2D eigenvalue weighted by Gasteiger charge is 2.15. The number of nitrogens with zero attached hydrogens (tertiary/aromatic N) is 2. The second-order valence-corrected chi connectivity index (χ2v) is 8.31. The van der Waals surface area contributed by atoms with Crippen molar-refractivity contribution in [3.63, 3.8) is 0 Å². The topological polar surface area (TPSA) is 229 Å². The third-order valence-electron chi connectivity index (χ3n) is 5.21. The summed E-state index contributed by atoms with van der Waals surface area (Å²) < 4.78 is 10.6. The van der Waals surface area contributed by atoms with Gasteiger partial charge in [0, 0.05) is 17.8 Å². The van der Waals surface area contributed by atoms with Crippen molar-refractivity contribution in [2.45, 2.75) is 0 Å². The maximum atomic E-state index is 11.0. The second-order valence-electron chi connectivity index (χ2n) is 8.31. The molecule has 11 N–H and O–H groups in total. The molecule has 0 aliphatic heterocycles. The van der Waals surface area contributed by atoms with Crippen molar-refractivity contribution in [1.29, 1.82) is 5.41 Å². The zero-order valence-electron chi connectivity index (χ0n) is 21.6. The monoisotopic (exact) mass is 545 g/mol. The maximum absolute atomic E-state index is 11.0. The molecule has 0 unspecified atom stereocenters. The van der Waals surface area contributed by atoms with E-state index in [0.29, 0.717) is 57.1 Å². The molecule has 2 aliphatic carbocycles. The summed E-state index contributed by atoms with van der Waals surface area (Å²) >= 11 is 0. The van der Waals surface area contributed by atoms with Crippen LogP contribution < -0.4 is 27.7 Å². The van der Waals surface area contributed by atoms with E-state index in [9.17, 15) is 4.79 Å². The third kappa shape index (κ3) is 8.41. The molecule has 12 heteroatoms. The number of nitrogen functional groups attached to an aromatic ring is 3. The smallest absolute Gasteiger partial charge is 0.178 e. The van der Waals surface area contributed by atoms with Gasteiger partial charge in [-0.05, 0) is 60.7 Å². The maximum Gasteiger partial charge on any atom is 0.178 e. The van der Waals surface area contributed by atoms with Gasteiger partial charge in [0.25, 0.3) is 0 Å². The molecule has 0 bridgehead atoms. The standard InChI is InChI=1S/C14H16N4O2.C14H15N3O3/c15-9-1-3-10(4-2-9)18-13-8-14(20-6-5-19)12(17)7-11(13)16;15-11-7-12(16)14(20-6-5-18)8-13(11)17-9-1-3-10(19)4-2-9/h1-4,7-8,16,19H,5-6,15,17H2;1-4,7-8,18H,5-6,15-16H2. The number of aliphatic imine (C=N–C) groups is 2. The van der Waals surface area contributed by atoms with Crippen LogP contribution in [-0.2, 0) is 9.53 Å². The molecule has 12 nitrogen and oxygen atoms in total. The van der Waals surface area contributed by atoms with E-state index in [4.69, 9.17) is 48.0 Å². The van der Waals surface area contributed by atoms with E-state index in [-0.39, 0.29) is 37.9 Å². The third-order valence-corrected chi connectivity index (χ3v) is 5.21. The lowest BCUT2D eigenvalue weighted by Crippen LogP contribution is -2.20. The van der Waals surface area contributed by atoms with Gasteiger partial charge in [0.1, 0.15) is 24.7 Å². The Bertz CT molecular complexity index is 1420. The van der Waals surface area contributed by atoms with E-state index in [1.807, 2.05) is 0 Å². The number of allylic oxidation sites excluding steroid dienone is 6. The van der Waals surface area contributed by atoms with E-state index >= 15 is 0 Å². The quantitative estimate of drug-likeness (QED) is 0.146. The molecule has 208 valence electrons. The predicted octanol–water partition coefficient (Wildman–Crippen LogP) is 2.10. The number of carbonyl (C=O) groups is 1. The van der Waals surface area contributed by atoms with Crippen LogP contribution in [0.4, 0.5) is 28.4 Å². The summed E-state index contributed by atoms with van der Waals surface area (Å²) in [4.78, 5) is 19.7. The molecule has 0 atom stereocenters. The van der Waals surface area contributed by atoms with Gasteiger partial charge < -0.3 is 42.6 Å². The highest BCUT2D eigenvalue weighted by Crippen LogP contribution is 2.33. The first-order valence-corrected chi connectivity index (χ1v) is 12.1. The number of hydrogen-bond acceptors (Lipinski definition) is 12. The minimum Gasteiger partial charge on any atom is -0.489 e. The Balaban J connectivity index is 0.000000220. The van der Waals surface area contributed by atoms with E-state index in [1.54, 1.807) is 54.6 Å². The number of aliphatic hydroxyl groups is 2. The number of anilines is 3. The lowest BCUT2D eigenvalue weighted by atomic mass is 10.1. The van der Waals surface area contributed by atoms with Gasteiger partial charge in [0.2, 0.25) is 0 Å². The molecule has 2 aromatic carbocycles. The predicted molar refractivity (Wildman–Crippen MR) is 157 cm³/mol. The van der Waals surface area contributed by atoms with Crippen LogP contribution in [0.1, 0.15) is 0 Å². The number of nitrogens with two attached hydrogens (primary N) is 4. The first kappa shape index (κ1) is 29.4. The summed E-state index contributed by atoms with van der Waals surface area (Å²) in [6, 6.07) is 10.2. The number of carbonyl (C=O) groups excluding carboxylic acids is 1. The van der Waals surface area contributed by atoms with Gasteiger partial charge in [-0.1, -0.05) is 0 Å². The first-order chi connectivity index (χ1) is 19.2. The summed E-state index contributed by atoms with van der Waals surface area (Å²) in [5.41, 5.74) is 27.2. The van der Waals surface area contributed by atoms with Crippen LogP contribution in [0.15, 0.2) is 94.3 Å². The van der Waals surface area contributed by atoms with Crippen LogP contribution in [0.5, 0.6) is 5.75 Å². The zero-order valence-corrected chi connectivity index (χ0v) is 21.6. The lowest BCUT2D eigenvalue weighted by Gasteiger charge is -2.15. The molecule has 0 aromatic heterocycles.